The standard InChI is InChI=1S/C21H20N4O3S/c1-12(19(27)23-14-8-6-13(7-9-14)18(22)26)29-21-24-17-5-3-2-4-16(17)20(28)25(21)15-10-11-15/h2-9,12,15H,10-11H2,1H3,(H2,22,26)(H,23,27). The summed E-state index contributed by atoms with van der Waals surface area (Å²) in [5.41, 5.74) is 6.74. The summed E-state index contributed by atoms with van der Waals surface area (Å²) in [5.74, 6) is -0.737. The van der Waals surface area contributed by atoms with Crippen LogP contribution >= 0.6 is 11.8 Å². The number of rotatable bonds is 6. The molecule has 1 aromatic heterocycles. The second-order valence-corrected chi connectivity index (χ2v) is 8.32. The zero-order valence-corrected chi connectivity index (χ0v) is 16.6. The highest BCUT2D eigenvalue weighted by Crippen LogP contribution is 2.37. The molecule has 1 atom stereocenters. The summed E-state index contributed by atoms with van der Waals surface area (Å²) in [6, 6.07) is 13.8. The van der Waals surface area contributed by atoms with Crippen molar-refractivity contribution in [2.24, 2.45) is 5.73 Å². The fraction of sp³-hybridized carbons (Fsp3) is 0.238. The highest BCUT2D eigenvalue weighted by atomic mass is 32.2. The van der Waals surface area contributed by atoms with Crippen molar-refractivity contribution < 1.29 is 9.59 Å². The van der Waals surface area contributed by atoms with E-state index in [0.29, 0.717) is 27.3 Å². The molecule has 1 aliphatic carbocycles. The average molecular weight is 408 g/mol. The minimum atomic E-state index is -0.521. The quantitative estimate of drug-likeness (QED) is 0.482. The summed E-state index contributed by atoms with van der Waals surface area (Å²) >= 11 is 1.27. The molecule has 3 N–H and O–H groups in total. The van der Waals surface area contributed by atoms with Gasteiger partial charge < -0.3 is 11.1 Å². The lowest BCUT2D eigenvalue weighted by molar-refractivity contribution is -0.115. The van der Waals surface area contributed by atoms with Gasteiger partial charge in [0, 0.05) is 17.3 Å². The third-order valence-corrected chi connectivity index (χ3v) is 5.84. The summed E-state index contributed by atoms with van der Waals surface area (Å²) in [7, 11) is 0. The number of carbonyl (C=O) groups excluding carboxylic acids is 2. The Kier molecular flexibility index (Phi) is 5.10. The number of carbonyl (C=O) groups is 2. The first-order chi connectivity index (χ1) is 13.9. The van der Waals surface area contributed by atoms with Crippen LogP contribution < -0.4 is 16.6 Å². The fourth-order valence-electron chi connectivity index (χ4n) is 3.04. The molecular formula is C21H20N4O3S. The lowest BCUT2D eigenvalue weighted by Gasteiger charge is -2.16. The molecule has 1 unspecified atom stereocenters. The maximum absolute atomic E-state index is 12.9. The molecule has 1 saturated carbocycles. The van der Waals surface area contributed by atoms with Crippen LogP contribution in [0.5, 0.6) is 0 Å². The summed E-state index contributed by atoms with van der Waals surface area (Å²) in [6.45, 7) is 1.77. The number of hydrogen-bond donors (Lipinski definition) is 2. The Balaban J connectivity index is 1.56. The van der Waals surface area contributed by atoms with E-state index >= 15 is 0 Å². The Morgan fingerprint density at radius 3 is 2.52 bits per heavy atom. The minimum absolute atomic E-state index is 0.0600. The molecule has 29 heavy (non-hydrogen) atoms. The van der Waals surface area contributed by atoms with Gasteiger partial charge in [-0.3, -0.25) is 19.0 Å². The molecule has 0 spiro atoms. The Hall–Kier alpha value is -3.13. The average Bonchev–Trinajstić information content (AvgIpc) is 3.53. The van der Waals surface area contributed by atoms with Gasteiger partial charge in [0.1, 0.15) is 0 Å². The molecule has 2 amide bonds. The van der Waals surface area contributed by atoms with E-state index in [1.54, 1.807) is 41.8 Å². The molecule has 1 aliphatic rings. The third-order valence-electron chi connectivity index (χ3n) is 4.78. The number of nitrogens with one attached hydrogen (secondary N) is 1. The van der Waals surface area contributed by atoms with E-state index in [9.17, 15) is 14.4 Å². The first-order valence-electron chi connectivity index (χ1n) is 9.32. The van der Waals surface area contributed by atoms with Crippen LogP contribution in [0.15, 0.2) is 58.5 Å². The van der Waals surface area contributed by atoms with E-state index in [2.05, 4.69) is 10.3 Å². The van der Waals surface area contributed by atoms with Crippen molar-refractivity contribution in [3.63, 3.8) is 0 Å². The zero-order chi connectivity index (χ0) is 20.5. The van der Waals surface area contributed by atoms with Gasteiger partial charge in [0.25, 0.3) is 5.56 Å². The van der Waals surface area contributed by atoms with Crippen LogP contribution in [0.1, 0.15) is 36.2 Å². The number of para-hydroxylation sites is 1. The van der Waals surface area contributed by atoms with Crippen LogP contribution in [-0.4, -0.2) is 26.6 Å². The maximum Gasteiger partial charge on any atom is 0.262 e. The predicted octanol–water partition coefficient (Wildman–Crippen LogP) is 2.95. The largest absolute Gasteiger partial charge is 0.366 e. The lowest BCUT2D eigenvalue weighted by Crippen LogP contribution is -2.26. The summed E-state index contributed by atoms with van der Waals surface area (Å²) in [5, 5.41) is 3.50. The molecule has 8 heteroatoms. The molecule has 0 bridgehead atoms. The number of thioether (sulfide) groups is 1. The number of hydrogen-bond acceptors (Lipinski definition) is 5. The van der Waals surface area contributed by atoms with Crippen molar-refractivity contribution in [1.82, 2.24) is 9.55 Å². The van der Waals surface area contributed by atoms with Gasteiger partial charge in [-0.05, 0) is 56.2 Å². The van der Waals surface area contributed by atoms with Gasteiger partial charge in [0.15, 0.2) is 5.16 Å². The molecule has 2 aromatic carbocycles. The zero-order valence-electron chi connectivity index (χ0n) is 15.8. The molecule has 0 saturated heterocycles. The number of anilines is 1. The van der Waals surface area contributed by atoms with E-state index in [4.69, 9.17) is 5.73 Å². The van der Waals surface area contributed by atoms with E-state index in [0.717, 1.165) is 12.8 Å². The summed E-state index contributed by atoms with van der Waals surface area (Å²) < 4.78 is 1.72. The number of fused-ring (bicyclic) bond motifs is 1. The van der Waals surface area contributed by atoms with Gasteiger partial charge in [-0.1, -0.05) is 23.9 Å². The van der Waals surface area contributed by atoms with Crippen LogP contribution in [0.2, 0.25) is 0 Å². The Bertz CT molecular complexity index is 1150. The van der Waals surface area contributed by atoms with Gasteiger partial charge in [-0.15, -0.1) is 0 Å². The molecule has 4 rings (SSSR count). The van der Waals surface area contributed by atoms with E-state index in [1.165, 1.54) is 11.8 Å². The number of nitrogens with zero attached hydrogens (tertiary/aromatic N) is 2. The first-order valence-corrected chi connectivity index (χ1v) is 10.2. The lowest BCUT2D eigenvalue weighted by atomic mass is 10.2. The number of aromatic nitrogens is 2. The third kappa shape index (κ3) is 4.02. The molecular weight excluding hydrogens is 388 g/mol. The van der Waals surface area contributed by atoms with E-state index in [-0.39, 0.29) is 17.5 Å². The minimum Gasteiger partial charge on any atom is -0.366 e. The van der Waals surface area contributed by atoms with Crippen molar-refractivity contribution in [1.29, 1.82) is 0 Å². The first kappa shape index (κ1) is 19.2. The predicted molar refractivity (Wildman–Crippen MR) is 113 cm³/mol. The Labute approximate surface area is 171 Å². The van der Waals surface area contributed by atoms with Crippen molar-refractivity contribution in [3.05, 3.63) is 64.4 Å². The normalized spacial score (nSPS) is 14.5. The monoisotopic (exact) mass is 408 g/mol. The van der Waals surface area contributed by atoms with Crippen molar-refractivity contribution in [2.75, 3.05) is 5.32 Å². The SMILES string of the molecule is CC(Sc1nc2ccccc2c(=O)n1C1CC1)C(=O)Nc1ccc(C(N)=O)cc1. The van der Waals surface area contributed by atoms with E-state index < -0.39 is 11.2 Å². The van der Waals surface area contributed by atoms with Crippen LogP contribution in [-0.2, 0) is 4.79 Å². The van der Waals surface area contributed by atoms with Crippen molar-refractivity contribution in [3.8, 4) is 0 Å². The van der Waals surface area contributed by atoms with Gasteiger partial charge >= 0.3 is 0 Å². The van der Waals surface area contributed by atoms with Crippen LogP contribution in [0.4, 0.5) is 5.69 Å². The van der Waals surface area contributed by atoms with Crippen LogP contribution in [0.3, 0.4) is 0 Å². The molecule has 7 nitrogen and oxygen atoms in total. The topological polar surface area (TPSA) is 107 Å². The van der Waals surface area contributed by atoms with Gasteiger partial charge in [0.2, 0.25) is 11.8 Å². The molecule has 0 aliphatic heterocycles. The summed E-state index contributed by atoms with van der Waals surface area (Å²) in [4.78, 5) is 41.4. The Morgan fingerprint density at radius 2 is 1.86 bits per heavy atom. The molecule has 0 radical (unpaired) electrons. The Morgan fingerprint density at radius 1 is 1.17 bits per heavy atom. The molecule has 1 heterocycles. The second kappa shape index (κ2) is 7.71. The smallest absolute Gasteiger partial charge is 0.262 e. The number of primary amides is 1. The summed E-state index contributed by atoms with van der Waals surface area (Å²) in [6.07, 6.45) is 1.89. The highest BCUT2D eigenvalue weighted by molar-refractivity contribution is 8.00. The van der Waals surface area contributed by atoms with Crippen molar-refractivity contribution >= 4 is 40.2 Å². The molecule has 3 aromatic rings. The van der Waals surface area contributed by atoms with Gasteiger partial charge in [-0.2, -0.15) is 0 Å². The number of nitrogens with two attached hydrogens (primary N) is 1. The fourth-order valence-corrected chi connectivity index (χ4v) is 4.02. The van der Waals surface area contributed by atoms with Crippen molar-refractivity contribution in [2.45, 2.75) is 36.2 Å². The van der Waals surface area contributed by atoms with Crippen LogP contribution in [0, 0.1) is 0 Å². The second-order valence-electron chi connectivity index (χ2n) is 7.01. The van der Waals surface area contributed by atoms with Gasteiger partial charge in [0.05, 0.1) is 16.2 Å². The highest BCUT2D eigenvalue weighted by Gasteiger charge is 2.30. The van der Waals surface area contributed by atoms with Gasteiger partial charge in [-0.25, -0.2) is 4.98 Å². The van der Waals surface area contributed by atoms with Crippen LogP contribution in [0.25, 0.3) is 10.9 Å². The maximum atomic E-state index is 12.9. The molecule has 1 fully saturated rings. The van der Waals surface area contributed by atoms with E-state index in [1.807, 2.05) is 18.2 Å². The number of amides is 2. The molecule has 148 valence electrons. The number of benzene rings is 2.